The number of unbranched alkanes of at least 4 members (excludes halogenated alkanes) is 17. The lowest BCUT2D eigenvalue weighted by Crippen LogP contribution is -1.94. The van der Waals surface area contributed by atoms with E-state index in [1.165, 1.54) is 109 Å². The van der Waals surface area contributed by atoms with Crippen LogP contribution in [0, 0.1) is 0 Å². The number of carbonyl (C=O) groups excluding carboxylic acids is 1. The Labute approximate surface area is 153 Å². The third-order valence-electron chi connectivity index (χ3n) is 5.20. The molecule has 0 radical (unpaired) electrons. The van der Waals surface area contributed by atoms with Crippen molar-refractivity contribution in [2.24, 2.45) is 0 Å². The number of hydrogen-bond donors (Lipinski definition) is 0. The molecular weight excluding hydrogens is 292 g/mol. The van der Waals surface area contributed by atoms with Gasteiger partial charge in [0.15, 0.2) is 0 Å². The highest BCUT2D eigenvalue weighted by Crippen LogP contribution is 2.14. The molecule has 1 nitrogen and oxygen atoms in total. The first-order valence-corrected chi connectivity index (χ1v) is 11.3. The highest BCUT2D eigenvalue weighted by molar-refractivity contribution is 5.77. The van der Waals surface area contributed by atoms with Crippen LogP contribution in [-0.2, 0) is 4.79 Å². The third-order valence-corrected chi connectivity index (χ3v) is 5.20. The van der Waals surface area contributed by atoms with Crippen molar-refractivity contribution < 1.29 is 4.79 Å². The van der Waals surface area contributed by atoms with Gasteiger partial charge >= 0.3 is 0 Å². The van der Waals surface area contributed by atoms with Gasteiger partial charge in [-0.25, -0.2) is 0 Å². The van der Waals surface area contributed by atoms with Crippen LogP contribution >= 0.6 is 0 Å². The number of carbonyl (C=O) groups is 1. The van der Waals surface area contributed by atoms with Gasteiger partial charge in [0.1, 0.15) is 5.78 Å². The van der Waals surface area contributed by atoms with Crippen molar-refractivity contribution >= 4 is 5.78 Å². The van der Waals surface area contributed by atoms with Crippen molar-refractivity contribution in [1.82, 2.24) is 0 Å². The van der Waals surface area contributed by atoms with E-state index in [0.29, 0.717) is 5.78 Å². The van der Waals surface area contributed by atoms with Crippen molar-refractivity contribution in [1.29, 1.82) is 0 Å². The molecule has 0 amide bonds. The molecule has 0 aliphatic heterocycles. The average Bonchev–Trinajstić information content (AvgIpc) is 2.60. The van der Waals surface area contributed by atoms with Crippen molar-refractivity contribution in [3.63, 3.8) is 0 Å². The van der Waals surface area contributed by atoms with Gasteiger partial charge in [-0.15, -0.1) is 0 Å². The Bertz CT molecular complexity index is 246. The van der Waals surface area contributed by atoms with Gasteiger partial charge in [0, 0.05) is 12.8 Å². The molecule has 0 bridgehead atoms. The van der Waals surface area contributed by atoms with E-state index in [2.05, 4.69) is 6.92 Å². The smallest absolute Gasteiger partial charge is 0.132 e. The molecule has 0 unspecified atom stereocenters. The van der Waals surface area contributed by atoms with Gasteiger partial charge in [-0.2, -0.15) is 0 Å². The zero-order valence-electron chi connectivity index (χ0n) is 17.1. The van der Waals surface area contributed by atoms with Crippen LogP contribution in [0.3, 0.4) is 0 Å². The Balaban J connectivity index is 2.99. The summed E-state index contributed by atoms with van der Waals surface area (Å²) in [5.41, 5.74) is 0. The highest BCUT2D eigenvalue weighted by atomic mass is 16.1. The fourth-order valence-corrected chi connectivity index (χ4v) is 3.40. The predicted molar refractivity (Wildman–Crippen MR) is 109 cm³/mol. The van der Waals surface area contributed by atoms with Crippen LogP contribution in [-0.4, -0.2) is 5.78 Å². The van der Waals surface area contributed by atoms with Crippen LogP contribution in [0.1, 0.15) is 142 Å². The van der Waals surface area contributed by atoms with Crippen LogP contribution in [0.2, 0.25) is 0 Å². The summed E-state index contributed by atoms with van der Waals surface area (Å²) in [5.74, 6) is 0.437. The second kappa shape index (κ2) is 20.7. The van der Waals surface area contributed by atoms with E-state index in [1.807, 2.05) is 6.92 Å². The predicted octanol–water partition coefficient (Wildman–Crippen LogP) is 8.40. The van der Waals surface area contributed by atoms with Crippen LogP contribution in [0.25, 0.3) is 0 Å². The van der Waals surface area contributed by atoms with Crippen LogP contribution < -0.4 is 0 Å². The SMILES string of the molecule is CCCCCCCCCCCCCCCCCCCCC(=O)CC. The molecule has 0 saturated heterocycles. The summed E-state index contributed by atoms with van der Waals surface area (Å²) in [6.07, 6.45) is 26.8. The summed E-state index contributed by atoms with van der Waals surface area (Å²) in [4.78, 5) is 11.2. The van der Waals surface area contributed by atoms with Crippen molar-refractivity contribution in [3.8, 4) is 0 Å². The Hall–Kier alpha value is -0.330. The van der Waals surface area contributed by atoms with Crippen LogP contribution in [0.5, 0.6) is 0 Å². The zero-order chi connectivity index (χ0) is 17.7. The minimum atomic E-state index is 0.437. The van der Waals surface area contributed by atoms with E-state index in [1.54, 1.807) is 0 Å². The number of hydrogen-bond acceptors (Lipinski definition) is 1. The maximum atomic E-state index is 11.2. The second-order valence-corrected chi connectivity index (χ2v) is 7.65. The van der Waals surface area contributed by atoms with Crippen molar-refractivity contribution in [2.75, 3.05) is 0 Å². The third kappa shape index (κ3) is 19.7. The lowest BCUT2D eigenvalue weighted by molar-refractivity contribution is -0.118. The first kappa shape index (κ1) is 23.7. The maximum Gasteiger partial charge on any atom is 0.132 e. The molecule has 0 N–H and O–H groups in total. The van der Waals surface area contributed by atoms with E-state index in [-0.39, 0.29) is 0 Å². The zero-order valence-corrected chi connectivity index (χ0v) is 17.1. The standard InChI is InChI=1S/C23H46O/c1-3-5-6-7-8-9-10-11-12-13-14-15-16-17-18-19-20-21-22-23(24)4-2/h3-22H2,1-2H3. The molecule has 0 atom stereocenters. The van der Waals surface area contributed by atoms with Gasteiger partial charge in [-0.1, -0.05) is 123 Å². The van der Waals surface area contributed by atoms with Gasteiger partial charge in [-0.3, -0.25) is 4.79 Å². The molecule has 0 aromatic heterocycles. The van der Waals surface area contributed by atoms with Crippen molar-refractivity contribution in [3.05, 3.63) is 0 Å². The molecule has 0 aromatic carbocycles. The molecule has 1 heteroatoms. The van der Waals surface area contributed by atoms with E-state index < -0.39 is 0 Å². The Kier molecular flexibility index (Phi) is 20.4. The highest BCUT2D eigenvalue weighted by Gasteiger charge is 1.98. The quantitative estimate of drug-likeness (QED) is 0.204. The fourth-order valence-electron chi connectivity index (χ4n) is 3.40. The van der Waals surface area contributed by atoms with E-state index >= 15 is 0 Å². The molecule has 0 aliphatic rings. The van der Waals surface area contributed by atoms with Gasteiger partial charge in [0.25, 0.3) is 0 Å². The topological polar surface area (TPSA) is 17.1 Å². The molecular formula is C23H46O. The molecule has 0 saturated carbocycles. The fraction of sp³-hybridized carbons (Fsp3) is 0.957. The molecule has 144 valence electrons. The summed E-state index contributed by atoms with van der Waals surface area (Å²) in [6.45, 7) is 4.26. The number of Topliss-reactive ketones (excluding diaryl/α,β-unsaturated/α-hetero) is 1. The lowest BCUT2D eigenvalue weighted by atomic mass is 10.0. The lowest BCUT2D eigenvalue weighted by Gasteiger charge is -2.03. The molecule has 0 fully saturated rings. The first-order valence-electron chi connectivity index (χ1n) is 11.3. The largest absolute Gasteiger partial charge is 0.300 e. The summed E-state index contributed by atoms with van der Waals surface area (Å²) in [7, 11) is 0. The molecule has 24 heavy (non-hydrogen) atoms. The Morgan fingerprint density at radius 2 is 0.750 bits per heavy atom. The average molecular weight is 339 g/mol. The van der Waals surface area contributed by atoms with E-state index in [9.17, 15) is 4.79 Å². The summed E-state index contributed by atoms with van der Waals surface area (Å²) in [5, 5.41) is 0. The van der Waals surface area contributed by atoms with Gasteiger partial charge in [0.05, 0.1) is 0 Å². The van der Waals surface area contributed by atoms with Crippen molar-refractivity contribution in [2.45, 2.75) is 142 Å². The van der Waals surface area contributed by atoms with Gasteiger partial charge in [-0.05, 0) is 6.42 Å². The van der Waals surface area contributed by atoms with E-state index in [0.717, 1.165) is 19.3 Å². The minimum absolute atomic E-state index is 0.437. The summed E-state index contributed by atoms with van der Waals surface area (Å²) < 4.78 is 0. The molecule has 0 aromatic rings. The maximum absolute atomic E-state index is 11.2. The first-order chi connectivity index (χ1) is 11.8. The molecule has 0 rings (SSSR count). The molecule has 0 spiro atoms. The molecule has 0 aliphatic carbocycles. The minimum Gasteiger partial charge on any atom is -0.300 e. The number of rotatable bonds is 20. The van der Waals surface area contributed by atoms with Crippen LogP contribution in [0.15, 0.2) is 0 Å². The van der Waals surface area contributed by atoms with Gasteiger partial charge in [0.2, 0.25) is 0 Å². The Morgan fingerprint density at radius 1 is 0.458 bits per heavy atom. The summed E-state index contributed by atoms with van der Waals surface area (Å²) >= 11 is 0. The second-order valence-electron chi connectivity index (χ2n) is 7.65. The Morgan fingerprint density at radius 3 is 1.04 bits per heavy atom. The molecule has 0 heterocycles. The van der Waals surface area contributed by atoms with E-state index in [4.69, 9.17) is 0 Å². The monoisotopic (exact) mass is 338 g/mol. The van der Waals surface area contributed by atoms with Gasteiger partial charge < -0.3 is 0 Å². The van der Waals surface area contributed by atoms with Crippen LogP contribution in [0.4, 0.5) is 0 Å². The normalized spacial score (nSPS) is 11.1. The summed E-state index contributed by atoms with van der Waals surface area (Å²) in [6, 6.07) is 0. The number of ketones is 1.